The van der Waals surface area contributed by atoms with Crippen molar-refractivity contribution in [3.63, 3.8) is 0 Å². The summed E-state index contributed by atoms with van der Waals surface area (Å²) in [6, 6.07) is 9.05. The van der Waals surface area contributed by atoms with Gasteiger partial charge in [-0.25, -0.2) is 14.6 Å². The van der Waals surface area contributed by atoms with Crippen molar-refractivity contribution < 1.29 is 71.7 Å². The Morgan fingerprint density at radius 1 is 0.727 bits per heavy atom. The van der Waals surface area contributed by atoms with Crippen LogP contribution in [-0.4, -0.2) is 235 Å². The number of carbonyl (C=O) groups is 12. The molecule has 3 aromatic rings. The second-order valence-electron chi connectivity index (χ2n) is 30.8. The molecule has 110 heavy (non-hydrogen) atoms. The maximum absolute atomic E-state index is 15.1. The lowest BCUT2D eigenvalue weighted by Gasteiger charge is -2.41. The van der Waals surface area contributed by atoms with Crippen LogP contribution in [0.1, 0.15) is 187 Å². The average Bonchev–Trinajstić information content (AvgIpc) is 1.30. The Balaban J connectivity index is 1.12. The fourth-order valence-corrected chi connectivity index (χ4v) is 15.6. The van der Waals surface area contributed by atoms with Crippen LogP contribution >= 0.6 is 11.3 Å². The standard InChI is InChI=1S/C80H124N14O15S/c1-16-18-29-56-47-63(96)94(76(56)102)39-24-20-23-32-62(95)87-65(49(3)4)73(100)85-58(30-25-37-83-79(81)105)72(99)84-57-35-33-55(34-36-57)70(78(104)92-43-41-89(11)42-44-92)109-80(106)91(13)67(51(7)8)74(101)88-66(50(5)6)77(103)90(12)68(52(9)17-2)61(107-14)48-64(97)93-40-26-31-60(93)69(108-15)53(10)71(98)86-59(75-82-38-45-110-75)46-54-27-21-19-22-28-54/h19,21-22,27-28,33-36,38,45,49-53,56,58-61,65-70H,16-18,20,23-26,29-32,37,39-44,46-48H2,1-15H3,(H,84,99)(H,85,100)(H,86,98)(H,87,95)(H,88,101)(H3,81,83,105)/t52-,53+,56?,58-,59-,60-,61+,65-,66-,67-,68-,69+,70?/m0/s1. The molecule has 3 aliphatic heterocycles. The number of primary amides is 1. The molecule has 3 fully saturated rings. The van der Waals surface area contributed by atoms with E-state index in [1.807, 2.05) is 70.5 Å². The molecule has 30 heteroatoms. The number of likely N-dealkylation sites (N-methyl/N-ethyl adjacent to an activating group) is 3. The Morgan fingerprint density at radius 2 is 1.41 bits per heavy atom. The summed E-state index contributed by atoms with van der Waals surface area (Å²) in [6.45, 7) is 20.9. The summed E-state index contributed by atoms with van der Waals surface area (Å²) >= 11 is 1.46. The van der Waals surface area contributed by atoms with E-state index < -0.39 is 126 Å². The van der Waals surface area contributed by atoms with Gasteiger partial charge in [-0.05, 0) is 99.8 Å². The Bertz CT molecular complexity index is 3510. The van der Waals surface area contributed by atoms with Gasteiger partial charge in [0.2, 0.25) is 59.3 Å². The van der Waals surface area contributed by atoms with Gasteiger partial charge >= 0.3 is 12.1 Å². The summed E-state index contributed by atoms with van der Waals surface area (Å²) in [7, 11) is 8.01. The minimum Gasteiger partial charge on any atom is -0.431 e. The van der Waals surface area contributed by atoms with E-state index in [1.165, 1.54) is 54.7 Å². The number of piperazine rings is 1. The molecule has 6 rings (SSSR count). The van der Waals surface area contributed by atoms with E-state index in [0.717, 1.165) is 28.3 Å². The number of imide groups is 1. The summed E-state index contributed by atoms with van der Waals surface area (Å²) in [5.41, 5.74) is 6.83. The third kappa shape index (κ3) is 25.7. The van der Waals surface area contributed by atoms with Gasteiger partial charge in [-0.1, -0.05) is 137 Å². The summed E-state index contributed by atoms with van der Waals surface area (Å²) in [5, 5.41) is 19.8. The number of nitrogens with one attached hydrogen (secondary N) is 6. The van der Waals surface area contributed by atoms with Gasteiger partial charge in [-0.2, -0.15) is 0 Å². The number of urea groups is 1. The molecule has 2 unspecified atom stereocenters. The van der Waals surface area contributed by atoms with E-state index in [1.54, 1.807) is 76.6 Å². The van der Waals surface area contributed by atoms with Crippen molar-refractivity contribution in [1.82, 2.24) is 61.0 Å². The third-order valence-corrected chi connectivity index (χ3v) is 22.5. The minimum atomic E-state index is -1.54. The third-order valence-electron chi connectivity index (χ3n) is 21.6. The van der Waals surface area contributed by atoms with Crippen molar-refractivity contribution in [2.75, 3.05) is 86.5 Å². The Labute approximate surface area is 654 Å². The number of unbranched alkanes of at least 4 members (excludes halogenated alkanes) is 3. The zero-order chi connectivity index (χ0) is 81.1. The number of ether oxygens (including phenoxy) is 3. The number of thiazole rings is 1. The molecule has 0 radical (unpaired) electrons. The number of nitrogens with two attached hydrogens (primary N) is 1. The van der Waals surface area contributed by atoms with Crippen LogP contribution in [0.5, 0.6) is 0 Å². The highest BCUT2D eigenvalue weighted by Crippen LogP contribution is 2.33. The normalized spacial score (nSPS) is 18.4. The number of benzene rings is 2. The van der Waals surface area contributed by atoms with Gasteiger partial charge < -0.3 is 71.4 Å². The van der Waals surface area contributed by atoms with Gasteiger partial charge in [-0.3, -0.25) is 57.7 Å². The number of nitrogens with zero attached hydrogens (tertiary/aromatic N) is 7. The number of amides is 13. The number of methoxy groups -OCH3 is 2. The molecule has 0 saturated carbocycles. The van der Waals surface area contributed by atoms with Crippen molar-refractivity contribution in [1.29, 1.82) is 0 Å². The molecule has 0 spiro atoms. The largest absolute Gasteiger partial charge is 0.431 e. The number of hydrogen-bond donors (Lipinski definition) is 7. The minimum absolute atomic E-state index is 0.0359. The maximum atomic E-state index is 15.1. The van der Waals surface area contributed by atoms with Gasteiger partial charge in [0.1, 0.15) is 29.2 Å². The fourth-order valence-electron chi connectivity index (χ4n) is 14.9. The number of rotatable bonds is 43. The van der Waals surface area contributed by atoms with E-state index in [9.17, 15) is 52.7 Å². The molecule has 3 aliphatic rings. The van der Waals surface area contributed by atoms with Crippen LogP contribution in [0.15, 0.2) is 66.2 Å². The predicted molar refractivity (Wildman–Crippen MR) is 419 cm³/mol. The lowest BCUT2D eigenvalue weighted by molar-refractivity contribution is -0.148. The first kappa shape index (κ1) is 90.3. The summed E-state index contributed by atoms with van der Waals surface area (Å²) in [5.74, 6) is -6.69. The van der Waals surface area contributed by atoms with Crippen molar-refractivity contribution in [3.05, 3.63) is 82.3 Å². The van der Waals surface area contributed by atoms with Crippen molar-refractivity contribution >= 4 is 88.2 Å². The quantitative estimate of drug-likeness (QED) is 0.0215. The van der Waals surface area contributed by atoms with Crippen molar-refractivity contribution in [3.8, 4) is 0 Å². The second-order valence-corrected chi connectivity index (χ2v) is 31.7. The first-order chi connectivity index (χ1) is 52.3. The SMILES string of the molecule is CCCCC1CC(=O)N(CCCCCC(=O)N[C@H](C(=O)N[C@@H](CCCNC(N)=O)C(=O)Nc2ccc(C(OC(=O)N(C)[C@H](C(=O)N[C@H](C(=O)N(C)[C@@H]([C@@H](C)CC)[C@@H](CC(=O)N3CCC[C@H]3[C@H](OC)[C@@H](C)C(=O)N[C@@H](Cc3ccccc3)c3nccs3)OC)C(C)C)C(C)C)C(=O)N3CCN(C)CC3)cc2)C(C)C)C1=O. The molecule has 29 nitrogen and oxygen atoms in total. The highest BCUT2D eigenvalue weighted by atomic mass is 32.1. The predicted octanol–water partition coefficient (Wildman–Crippen LogP) is 7.35. The van der Waals surface area contributed by atoms with Crippen LogP contribution in [0.25, 0.3) is 0 Å². The smallest absolute Gasteiger partial charge is 0.411 e. The van der Waals surface area contributed by atoms with Crippen LogP contribution in [0.4, 0.5) is 15.3 Å². The monoisotopic (exact) mass is 1550 g/mol. The second kappa shape index (κ2) is 44.4. The Hall–Kier alpha value is -8.61. The van der Waals surface area contributed by atoms with E-state index in [2.05, 4.69) is 41.8 Å². The lowest BCUT2D eigenvalue weighted by atomic mass is 9.89. The van der Waals surface area contributed by atoms with E-state index in [4.69, 9.17) is 19.9 Å². The number of likely N-dealkylation sites (tertiary alicyclic amines) is 2. The van der Waals surface area contributed by atoms with Crippen LogP contribution in [0, 0.1) is 35.5 Å². The summed E-state index contributed by atoms with van der Waals surface area (Å²) in [4.78, 5) is 181. The summed E-state index contributed by atoms with van der Waals surface area (Å²) in [6.07, 6.45) is 4.58. The zero-order valence-corrected chi connectivity index (χ0v) is 68.2. The highest BCUT2D eigenvalue weighted by Gasteiger charge is 2.45. The number of carbonyl (C=O) groups excluding carboxylic acids is 12. The zero-order valence-electron chi connectivity index (χ0n) is 67.4. The molecule has 2 aromatic carbocycles. The fraction of sp³-hybridized carbons (Fsp3) is 0.662. The lowest BCUT2D eigenvalue weighted by Crippen LogP contribution is -2.60. The first-order valence-corrected chi connectivity index (χ1v) is 40.2. The van der Waals surface area contributed by atoms with Gasteiger partial charge in [0.15, 0.2) is 0 Å². The molecule has 610 valence electrons. The van der Waals surface area contributed by atoms with Crippen LogP contribution < -0.4 is 37.6 Å². The number of aromatic nitrogens is 1. The number of hydrogen-bond acceptors (Lipinski definition) is 18. The van der Waals surface area contributed by atoms with Crippen molar-refractivity contribution in [2.45, 2.75) is 226 Å². The molecule has 0 aliphatic carbocycles. The number of anilines is 1. The average molecular weight is 1550 g/mol. The van der Waals surface area contributed by atoms with Crippen molar-refractivity contribution in [2.24, 2.45) is 41.2 Å². The molecule has 4 heterocycles. The van der Waals surface area contributed by atoms with Crippen LogP contribution in [0.3, 0.4) is 0 Å². The van der Waals surface area contributed by atoms with E-state index >= 15 is 4.79 Å². The topological polar surface area (TPSA) is 363 Å². The Kier molecular flexibility index (Phi) is 36.5. The van der Waals surface area contributed by atoms with Crippen LogP contribution in [0.2, 0.25) is 0 Å². The summed E-state index contributed by atoms with van der Waals surface area (Å²) < 4.78 is 18.5. The van der Waals surface area contributed by atoms with Gasteiger partial charge in [-0.15, -0.1) is 11.3 Å². The highest BCUT2D eigenvalue weighted by molar-refractivity contribution is 7.09. The van der Waals surface area contributed by atoms with Gasteiger partial charge in [0.05, 0.1) is 42.7 Å². The van der Waals surface area contributed by atoms with Crippen LogP contribution in [-0.2, 0) is 68.6 Å². The molecular formula is C80H124N14O15S. The van der Waals surface area contributed by atoms with Gasteiger partial charge in [0, 0.05) is 116 Å². The van der Waals surface area contributed by atoms with E-state index in [-0.39, 0.29) is 98.0 Å². The molecule has 13 amide bonds. The molecule has 8 N–H and O–H groups in total. The van der Waals surface area contributed by atoms with E-state index in [0.29, 0.717) is 84.1 Å². The molecule has 0 bridgehead atoms. The Morgan fingerprint density at radius 3 is 2.01 bits per heavy atom. The molecule has 13 atom stereocenters. The molecule has 1 aromatic heterocycles. The molecular weight excluding hydrogens is 1430 g/mol. The first-order valence-electron chi connectivity index (χ1n) is 39.3. The maximum Gasteiger partial charge on any atom is 0.411 e. The molecule has 3 saturated heterocycles. The van der Waals surface area contributed by atoms with Gasteiger partial charge in [0.25, 0.3) is 5.91 Å².